The molecule has 0 unspecified atom stereocenters. The Hall–Kier alpha value is -3.02. The van der Waals surface area contributed by atoms with E-state index in [1.807, 2.05) is 44.2 Å². The third-order valence-corrected chi connectivity index (χ3v) is 3.64. The van der Waals surface area contributed by atoms with Crippen LogP contribution < -0.4 is 15.2 Å². The normalized spacial score (nSPS) is 10.2. The maximum Gasteiger partial charge on any atom is 0.254 e. The van der Waals surface area contributed by atoms with Gasteiger partial charge < -0.3 is 20.1 Å². The maximum absolute atomic E-state index is 12.9. The Bertz CT molecular complexity index is 747. The van der Waals surface area contributed by atoms with Crippen LogP contribution >= 0.6 is 0 Å². The number of benzene rings is 2. The van der Waals surface area contributed by atoms with Crippen LogP contribution in [0.15, 0.2) is 48.5 Å². The second kappa shape index (κ2) is 9.46. The van der Waals surface area contributed by atoms with E-state index in [1.165, 1.54) is 4.90 Å². The fraction of sp³-hybridized carbons (Fsp3) is 0.300. The van der Waals surface area contributed by atoms with Crippen molar-refractivity contribution in [2.24, 2.45) is 5.73 Å². The highest BCUT2D eigenvalue weighted by Crippen LogP contribution is 2.29. The van der Waals surface area contributed by atoms with Crippen LogP contribution in [0, 0.1) is 0 Å². The van der Waals surface area contributed by atoms with Crippen molar-refractivity contribution in [1.29, 1.82) is 0 Å². The molecule has 0 aliphatic carbocycles. The lowest BCUT2D eigenvalue weighted by Gasteiger charge is -2.22. The predicted octanol–water partition coefficient (Wildman–Crippen LogP) is 2.61. The van der Waals surface area contributed by atoms with Crippen LogP contribution in [0.1, 0.15) is 29.8 Å². The SMILES string of the molecule is CCOc1ccc(C(=O)N(CC(N)=O)Cc2ccccc2)cc1OCC. The molecule has 6 nitrogen and oxygen atoms in total. The highest BCUT2D eigenvalue weighted by molar-refractivity contribution is 5.96. The molecule has 2 aromatic rings. The first-order chi connectivity index (χ1) is 12.5. The summed E-state index contributed by atoms with van der Waals surface area (Å²) in [6, 6.07) is 14.4. The number of rotatable bonds is 9. The molecule has 0 aliphatic heterocycles. The number of hydrogen-bond donors (Lipinski definition) is 1. The van der Waals surface area contributed by atoms with Crippen molar-refractivity contribution in [2.45, 2.75) is 20.4 Å². The lowest BCUT2D eigenvalue weighted by molar-refractivity contribution is -0.118. The van der Waals surface area contributed by atoms with Gasteiger partial charge in [0, 0.05) is 12.1 Å². The summed E-state index contributed by atoms with van der Waals surface area (Å²) < 4.78 is 11.1. The van der Waals surface area contributed by atoms with Crippen LogP contribution in [0.4, 0.5) is 0 Å². The molecule has 138 valence electrons. The summed E-state index contributed by atoms with van der Waals surface area (Å²) in [5.41, 5.74) is 6.65. The number of carbonyl (C=O) groups excluding carboxylic acids is 2. The summed E-state index contributed by atoms with van der Waals surface area (Å²) >= 11 is 0. The van der Waals surface area contributed by atoms with Crippen LogP contribution in [0.25, 0.3) is 0 Å². The van der Waals surface area contributed by atoms with Gasteiger partial charge in [0.15, 0.2) is 11.5 Å². The predicted molar refractivity (Wildman–Crippen MR) is 99.2 cm³/mol. The lowest BCUT2D eigenvalue weighted by Crippen LogP contribution is -2.38. The highest BCUT2D eigenvalue weighted by Gasteiger charge is 2.20. The number of hydrogen-bond acceptors (Lipinski definition) is 4. The molecule has 2 rings (SSSR count). The van der Waals surface area contributed by atoms with E-state index >= 15 is 0 Å². The Balaban J connectivity index is 2.28. The molecule has 0 fully saturated rings. The van der Waals surface area contributed by atoms with E-state index in [1.54, 1.807) is 18.2 Å². The maximum atomic E-state index is 12.9. The number of primary amides is 1. The van der Waals surface area contributed by atoms with E-state index in [2.05, 4.69) is 0 Å². The summed E-state index contributed by atoms with van der Waals surface area (Å²) in [6.45, 7) is 4.81. The largest absolute Gasteiger partial charge is 0.490 e. The third kappa shape index (κ3) is 5.24. The summed E-state index contributed by atoms with van der Waals surface area (Å²) in [6.07, 6.45) is 0. The second-order valence-electron chi connectivity index (χ2n) is 5.64. The van der Waals surface area contributed by atoms with E-state index in [-0.39, 0.29) is 12.5 Å². The molecular formula is C20H24N2O4. The molecule has 2 N–H and O–H groups in total. The van der Waals surface area contributed by atoms with Gasteiger partial charge in [-0.15, -0.1) is 0 Å². The molecule has 0 aliphatic rings. The Kier molecular flexibility index (Phi) is 7.02. The van der Waals surface area contributed by atoms with Crippen molar-refractivity contribution in [3.63, 3.8) is 0 Å². The molecule has 0 saturated carbocycles. The van der Waals surface area contributed by atoms with Crippen LogP contribution in [0.3, 0.4) is 0 Å². The molecule has 2 aromatic carbocycles. The first kappa shape index (κ1) is 19.3. The molecule has 0 heterocycles. The summed E-state index contributed by atoms with van der Waals surface area (Å²) in [5.74, 6) is 0.219. The smallest absolute Gasteiger partial charge is 0.254 e. The minimum Gasteiger partial charge on any atom is -0.490 e. The molecule has 26 heavy (non-hydrogen) atoms. The number of amides is 2. The van der Waals surface area contributed by atoms with E-state index in [9.17, 15) is 9.59 Å². The van der Waals surface area contributed by atoms with Crippen molar-refractivity contribution < 1.29 is 19.1 Å². The molecule has 0 saturated heterocycles. The van der Waals surface area contributed by atoms with E-state index in [0.717, 1.165) is 5.56 Å². The molecule has 0 bridgehead atoms. The lowest BCUT2D eigenvalue weighted by atomic mass is 10.1. The van der Waals surface area contributed by atoms with E-state index < -0.39 is 5.91 Å². The van der Waals surface area contributed by atoms with Crippen molar-refractivity contribution >= 4 is 11.8 Å². The highest BCUT2D eigenvalue weighted by atomic mass is 16.5. The van der Waals surface area contributed by atoms with Gasteiger partial charge in [0.2, 0.25) is 5.91 Å². The Labute approximate surface area is 153 Å². The average Bonchev–Trinajstić information content (AvgIpc) is 2.63. The fourth-order valence-electron chi connectivity index (χ4n) is 2.56. The van der Waals surface area contributed by atoms with Crippen molar-refractivity contribution in [2.75, 3.05) is 19.8 Å². The Morgan fingerprint density at radius 1 is 0.962 bits per heavy atom. The van der Waals surface area contributed by atoms with Gasteiger partial charge in [-0.2, -0.15) is 0 Å². The van der Waals surface area contributed by atoms with Gasteiger partial charge in [0.25, 0.3) is 5.91 Å². The van der Waals surface area contributed by atoms with Gasteiger partial charge in [0.05, 0.1) is 19.8 Å². The molecule has 6 heteroatoms. The first-order valence-electron chi connectivity index (χ1n) is 8.56. The van der Waals surface area contributed by atoms with Crippen molar-refractivity contribution in [3.8, 4) is 11.5 Å². The summed E-state index contributed by atoms with van der Waals surface area (Å²) in [5, 5.41) is 0. The average molecular weight is 356 g/mol. The van der Waals surface area contributed by atoms with E-state index in [0.29, 0.717) is 36.8 Å². The number of nitrogens with zero attached hydrogens (tertiary/aromatic N) is 1. The van der Waals surface area contributed by atoms with Gasteiger partial charge >= 0.3 is 0 Å². The van der Waals surface area contributed by atoms with Gasteiger partial charge in [-0.3, -0.25) is 9.59 Å². The standard InChI is InChI=1S/C20H24N2O4/c1-3-25-17-11-10-16(12-18(17)26-4-2)20(24)22(14-19(21)23)13-15-8-6-5-7-9-15/h5-12H,3-4,13-14H2,1-2H3,(H2,21,23). The van der Waals surface area contributed by atoms with Crippen molar-refractivity contribution in [3.05, 3.63) is 59.7 Å². The van der Waals surface area contributed by atoms with Crippen LogP contribution in [-0.2, 0) is 11.3 Å². The zero-order valence-electron chi connectivity index (χ0n) is 15.1. The van der Waals surface area contributed by atoms with Gasteiger partial charge in [-0.25, -0.2) is 0 Å². The summed E-state index contributed by atoms with van der Waals surface area (Å²) in [4.78, 5) is 25.8. The topological polar surface area (TPSA) is 81.9 Å². The number of carbonyl (C=O) groups is 2. The van der Waals surface area contributed by atoms with Crippen LogP contribution in [-0.4, -0.2) is 36.5 Å². The van der Waals surface area contributed by atoms with Gasteiger partial charge in [0.1, 0.15) is 0 Å². The minimum absolute atomic E-state index is 0.162. The summed E-state index contributed by atoms with van der Waals surface area (Å²) in [7, 11) is 0. The Morgan fingerprint density at radius 2 is 1.62 bits per heavy atom. The zero-order valence-corrected chi connectivity index (χ0v) is 15.1. The van der Waals surface area contributed by atoms with Crippen molar-refractivity contribution in [1.82, 2.24) is 4.90 Å². The number of ether oxygens (including phenoxy) is 2. The Morgan fingerprint density at radius 3 is 2.23 bits per heavy atom. The molecule has 0 atom stereocenters. The third-order valence-electron chi connectivity index (χ3n) is 3.64. The number of nitrogens with two attached hydrogens (primary N) is 1. The van der Waals surface area contributed by atoms with Gasteiger partial charge in [-0.05, 0) is 37.6 Å². The van der Waals surface area contributed by atoms with Gasteiger partial charge in [-0.1, -0.05) is 30.3 Å². The fourth-order valence-corrected chi connectivity index (χ4v) is 2.56. The molecular weight excluding hydrogens is 332 g/mol. The quantitative estimate of drug-likeness (QED) is 0.749. The monoisotopic (exact) mass is 356 g/mol. The second-order valence-corrected chi connectivity index (χ2v) is 5.64. The van der Waals surface area contributed by atoms with E-state index in [4.69, 9.17) is 15.2 Å². The first-order valence-corrected chi connectivity index (χ1v) is 8.56. The van der Waals surface area contributed by atoms with Crippen LogP contribution in [0.2, 0.25) is 0 Å². The zero-order chi connectivity index (χ0) is 18.9. The molecule has 0 radical (unpaired) electrons. The van der Waals surface area contributed by atoms with Crippen LogP contribution in [0.5, 0.6) is 11.5 Å². The molecule has 0 aromatic heterocycles. The molecule has 0 spiro atoms. The molecule has 2 amide bonds. The minimum atomic E-state index is -0.565.